The minimum atomic E-state index is 0.592. The van der Waals surface area contributed by atoms with Crippen LogP contribution in [-0.4, -0.2) is 35.9 Å². The predicted octanol–water partition coefficient (Wildman–Crippen LogP) is 3.59. The molecule has 144 valence electrons. The number of methoxy groups -OCH3 is 2. The minimum absolute atomic E-state index is 0.592. The van der Waals surface area contributed by atoms with Crippen LogP contribution in [0.3, 0.4) is 0 Å². The molecule has 1 aliphatic rings. The Balaban J connectivity index is 1.51. The number of ether oxygens (including phenoxy) is 2. The maximum atomic E-state index is 5.36. The van der Waals surface area contributed by atoms with Crippen LogP contribution >= 0.6 is 0 Å². The number of aromatic nitrogens is 3. The summed E-state index contributed by atoms with van der Waals surface area (Å²) >= 11 is 0. The first-order valence-electron chi connectivity index (χ1n) is 9.28. The molecule has 0 saturated carbocycles. The van der Waals surface area contributed by atoms with Gasteiger partial charge >= 0.3 is 0 Å². The van der Waals surface area contributed by atoms with Crippen molar-refractivity contribution in [3.8, 4) is 11.5 Å². The molecule has 0 fully saturated rings. The number of hydrogen-bond acceptors (Lipinski definition) is 7. The fourth-order valence-electron chi connectivity index (χ4n) is 3.42. The monoisotopic (exact) mass is 377 g/mol. The highest BCUT2D eigenvalue weighted by Crippen LogP contribution is 2.31. The molecule has 0 aliphatic carbocycles. The normalized spacial score (nSPS) is 13.0. The van der Waals surface area contributed by atoms with Gasteiger partial charge in [0, 0.05) is 18.8 Å². The van der Waals surface area contributed by atoms with Crippen molar-refractivity contribution in [1.82, 2.24) is 15.2 Å². The van der Waals surface area contributed by atoms with Crippen molar-refractivity contribution >= 4 is 17.5 Å². The molecule has 0 unspecified atom stereocenters. The van der Waals surface area contributed by atoms with Gasteiger partial charge in [-0.25, -0.2) is 0 Å². The van der Waals surface area contributed by atoms with Gasteiger partial charge in [0.1, 0.15) is 0 Å². The number of fused-ring (bicyclic) bond motifs is 1. The molecule has 0 saturated heterocycles. The zero-order valence-electron chi connectivity index (χ0n) is 16.1. The molecule has 0 radical (unpaired) electrons. The van der Waals surface area contributed by atoms with Crippen LogP contribution in [0, 0.1) is 0 Å². The van der Waals surface area contributed by atoms with E-state index in [2.05, 4.69) is 43.6 Å². The van der Waals surface area contributed by atoms with Crippen LogP contribution < -0.4 is 19.7 Å². The second-order valence-electron chi connectivity index (χ2n) is 6.57. The number of nitrogens with zero attached hydrogens (tertiary/aromatic N) is 4. The fourth-order valence-corrected chi connectivity index (χ4v) is 3.42. The van der Waals surface area contributed by atoms with E-state index in [-0.39, 0.29) is 0 Å². The van der Waals surface area contributed by atoms with Gasteiger partial charge in [-0.05, 0) is 42.2 Å². The highest BCUT2D eigenvalue weighted by Gasteiger charge is 2.20. The Labute approximate surface area is 164 Å². The van der Waals surface area contributed by atoms with Gasteiger partial charge in [0.25, 0.3) is 5.95 Å². The topological polar surface area (TPSA) is 72.4 Å². The Hall–Kier alpha value is -3.35. The number of anilines is 3. The van der Waals surface area contributed by atoms with E-state index < -0.39 is 0 Å². The molecule has 1 aliphatic heterocycles. The van der Waals surface area contributed by atoms with E-state index in [0.29, 0.717) is 29.8 Å². The molecule has 7 heteroatoms. The average Bonchev–Trinajstić information content (AvgIpc) is 2.77. The zero-order valence-corrected chi connectivity index (χ0v) is 16.1. The van der Waals surface area contributed by atoms with Crippen LogP contribution in [0.1, 0.15) is 17.5 Å². The van der Waals surface area contributed by atoms with Crippen molar-refractivity contribution in [3.05, 3.63) is 59.8 Å². The van der Waals surface area contributed by atoms with Gasteiger partial charge in [0.2, 0.25) is 0 Å². The summed E-state index contributed by atoms with van der Waals surface area (Å²) in [4.78, 5) is 6.80. The zero-order chi connectivity index (χ0) is 19.3. The molecule has 2 aromatic carbocycles. The molecule has 7 nitrogen and oxygen atoms in total. The van der Waals surface area contributed by atoms with Crippen LogP contribution in [0.25, 0.3) is 0 Å². The average molecular weight is 377 g/mol. The Morgan fingerprint density at radius 2 is 1.93 bits per heavy atom. The van der Waals surface area contributed by atoms with E-state index in [0.717, 1.165) is 30.6 Å². The molecule has 0 bridgehead atoms. The van der Waals surface area contributed by atoms with Crippen LogP contribution in [0.15, 0.2) is 48.7 Å². The number of rotatable bonds is 6. The maximum absolute atomic E-state index is 5.36. The summed E-state index contributed by atoms with van der Waals surface area (Å²) in [6.07, 6.45) is 3.79. The summed E-state index contributed by atoms with van der Waals surface area (Å²) in [5.41, 5.74) is 3.54. The van der Waals surface area contributed by atoms with Gasteiger partial charge in [-0.1, -0.05) is 24.3 Å². The molecule has 0 spiro atoms. The Morgan fingerprint density at radius 3 is 2.79 bits per heavy atom. The Bertz CT molecular complexity index is 963. The molecule has 28 heavy (non-hydrogen) atoms. The third kappa shape index (κ3) is 3.69. The number of benzene rings is 2. The number of hydrogen-bond donors (Lipinski definition) is 1. The Kier molecular flexibility index (Phi) is 5.23. The van der Waals surface area contributed by atoms with E-state index >= 15 is 0 Å². The van der Waals surface area contributed by atoms with Gasteiger partial charge in [0.15, 0.2) is 17.3 Å². The molecule has 1 N–H and O–H groups in total. The van der Waals surface area contributed by atoms with Crippen LogP contribution in [-0.2, 0) is 13.0 Å². The molecular weight excluding hydrogens is 354 g/mol. The van der Waals surface area contributed by atoms with E-state index in [9.17, 15) is 0 Å². The fraction of sp³-hybridized carbons (Fsp3) is 0.286. The number of para-hydroxylation sites is 1. The molecular formula is C21H23N5O2. The summed E-state index contributed by atoms with van der Waals surface area (Å²) in [7, 11) is 3.26. The van der Waals surface area contributed by atoms with Crippen molar-refractivity contribution in [2.75, 3.05) is 31.0 Å². The largest absolute Gasteiger partial charge is 0.493 e. The second-order valence-corrected chi connectivity index (χ2v) is 6.57. The maximum Gasteiger partial charge on any atom is 0.251 e. The molecule has 0 amide bonds. The third-order valence-electron chi connectivity index (χ3n) is 4.82. The SMILES string of the molecule is COc1ccc(CNc2cnnc(N3CCCc4ccccc43)n2)cc1OC. The lowest BCUT2D eigenvalue weighted by molar-refractivity contribution is 0.354. The first-order chi connectivity index (χ1) is 13.8. The smallest absolute Gasteiger partial charge is 0.251 e. The lowest BCUT2D eigenvalue weighted by Gasteiger charge is -2.29. The molecule has 2 heterocycles. The molecule has 3 aromatic rings. The van der Waals surface area contributed by atoms with Crippen molar-refractivity contribution in [2.45, 2.75) is 19.4 Å². The van der Waals surface area contributed by atoms with E-state index in [1.165, 1.54) is 5.56 Å². The van der Waals surface area contributed by atoms with Crippen molar-refractivity contribution in [1.29, 1.82) is 0 Å². The highest BCUT2D eigenvalue weighted by atomic mass is 16.5. The van der Waals surface area contributed by atoms with Gasteiger partial charge in [-0.2, -0.15) is 10.1 Å². The molecule has 0 atom stereocenters. The van der Waals surface area contributed by atoms with E-state index in [1.807, 2.05) is 24.3 Å². The lowest BCUT2D eigenvalue weighted by atomic mass is 10.0. The predicted molar refractivity (Wildman–Crippen MR) is 108 cm³/mol. The summed E-state index contributed by atoms with van der Waals surface area (Å²) in [5, 5.41) is 11.7. The summed E-state index contributed by atoms with van der Waals surface area (Å²) < 4.78 is 10.6. The summed E-state index contributed by atoms with van der Waals surface area (Å²) in [5.74, 6) is 2.71. The Morgan fingerprint density at radius 1 is 1.07 bits per heavy atom. The highest BCUT2D eigenvalue weighted by molar-refractivity contribution is 5.63. The van der Waals surface area contributed by atoms with Crippen molar-refractivity contribution in [3.63, 3.8) is 0 Å². The van der Waals surface area contributed by atoms with Gasteiger partial charge in [-0.15, -0.1) is 5.10 Å². The third-order valence-corrected chi connectivity index (χ3v) is 4.82. The summed E-state index contributed by atoms with van der Waals surface area (Å²) in [6.45, 7) is 1.48. The van der Waals surface area contributed by atoms with Crippen molar-refractivity contribution < 1.29 is 9.47 Å². The molecule has 4 rings (SSSR count). The quantitative estimate of drug-likeness (QED) is 0.704. The van der Waals surface area contributed by atoms with Gasteiger partial charge < -0.3 is 19.7 Å². The molecule has 1 aromatic heterocycles. The standard InChI is InChI=1S/C21H23N5O2/c1-27-18-10-9-15(12-19(18)28-2)13-22-20-14-23-25-21(24-20)26-11-5-7-16-6-3-4-8-17(16)26/h3-4,6,8-10,12,14H,5,7,11,13H2,1-2H3,(H,22,24,25). The lowest BCUT2D eigenvalue weighted by Crippen LogP contribution is -2.26. The number of nitrogens with one attached hydrogen (secondary N) is 1. The van der Waals surface area contributed by atoms with Crippen molar-refractivity contribution in [2.24, 2.45) is 0 Å². The second kappa shape index (κ2) is 8.12. The summed E-state index contributed by atoms with van der Waals surface area (Å²) in [6, 6.07) is 14.2. The van der Waals surface area contributed by atoms with E-state index in [4.69, 9.17) is 9.47 Å². The van der Waals surface area contributed by atoms with Gasteiger partial charge in [-0.3, -0.25) is 0 Å². The van der Waals surface area contributed by atoms with Crippen LogP contribution in [0.2, 0.25) is 0 Å². The number of aryl methyl sites for hydroxylation is 1. The first-order valence-corrected chi connectivity index (χ1v) is 9.28. The minimum Gasteiger partial charge on any atom is -0.493 e. The van der Waals surface area contributed by atoms with E-state index in [1.54, 1.807) is 20.4 Å². The van der Waals surface area contributed by atoms with Crippen LogP contribution in [0.4, 0.5) is 17.5 Å². The van der Waals surface area contributed by atoms with Crippen LogP contribution in [0.5, 0.6) is 11.5 Å². The van der Waals surface area contributed by atoms with Gasteiger partial charge in [0.05, 0.1) is 20.4 Å². The first kappa shape index (κ1) is 18.0.